The number of morpholine rings is 1. The van der Waals surface area contributed by atoms with Gasteiger partial charge in [-0.15, -0.1) is 0 Å². The Labute approximate surface area is 113 Å². The van der Waals surface area contributed by atoms with Gasteiger partial charge in [0, 0.05) is 38.1 Å². The third kappa shape index (κ3) is 3.57. The summed E-state index contributed by atoms with van der Waals surface area (Å²) in [5.41, 5.74) is 0.883. The molecule has 1 aliphatic rings. The van der Waals surface area contributed by atoms with Crippen LogP contribution in [0.15, 0.2) is 18.3 Å². The second kappa shape index (κ2) is 6.38. The van der Waals surface area contributed by atoms with E-state index in [1.54, 1.807) is 6.20 Å². The third-order valence-corrected chi connectivity index (χ3v) is 3.09. The fourth-order valence-corrected chi connectivity index (χ4v) is 2.03. The van der Waals surface area contributed by atoms with Crippen molar-refractivity contribution in [2.75, 3.05) is 44.0 Å². The van der Waals surface area contributed by atoms with Crippen molar-refractivity contribution in [2.45, 2.75) is 13.0 Å². The number of nitrogens with zero attached hydrogens (tertiary/aromatic N) is 2. The minimum absolute atomic E-state index is 0.103. The minimum atomic E-state index is -0.259. The molecule has 0 aliphatic carbocycles. The van der Waals surface area contributed by atoms with Gasteiger partial charge in [0.25, 0.3) is 0 Å². The lowest BCUT2D eigenvalue weighted by Crippen LogP contribution is -2.47. The number of amides is 1. The molecule has 1 aromatic heterocycles. The van der Waals surface area contributed by atoms with Crippen molar-refractivity contribution in [3.05, 3.63) is 18.3 Å². The van der Waals surface area contributed by atoms with Crippen molar-refractivity contribution >= 4 is 17.4 Å². The Hall–Kier alpha value is -1.82. The summed E-state index contributed by atoms with van der Waals surface area (Å²) in [5, 5.41) is 6.17. The van der Waals surface area contributed by atoms with Gasteiger partial charge < -0.3 is 20.3 Å². The van der Waals surface area contributed by atoms with Crippen LogP contribution < -0.4 is 10.6 Å². The van der Waals surface area contributed by atoms with Gasteiger partial charge in [0.05, 0.1) is 13.2 Å². The van der Waals surface area contributed by atoms with E-state index in [1.807, 2.05) is 31.0 Å². The topological polar surface area (TPSA) is 66.5 Å². The highest BCUT2D eigenvalue weighted by Crippen LogP contribution is 2.13. The first kappa shape index (κ1) is 13.6. The van der Waals surface area contributed by atoms with Gasteiger partial charge in [-0.25, -0.2) is 4.98 Å². The second-order valence-electron chi connectivity index (χ2n) is 4.48. The fraction of sp³-hybridized carbons (Fsp3) is 0.538. The third-order valence-electron chi connectivity index (χ3n) is 3.09. The first-order valence-electron chi connectivity index (χ1n) is 6.47. The number of anilines is 2. The molecule has 1 saturated heterocycles. The number of hydrogen-bond acceptors (Lipinski definition) is 5. The normalized spacial score (nSPS) is 16.8. The first-order chi connectivity index (χ1) is 9.20. The number of pyridine rings is 1. The summed E-state index contributed by atoms with van der Waals surface area (Å²) in [4.78, 5) is 18.2. The maximum Gasteiger partial charge on any atom is 0.244 e. The van der Waals surface area contributed by atoms with Gasteiger partial charge in [0.1, 0.15) is 11.9 Å². The molecular formula is C13H20N4O2. The van der Waals surface area contributed by atoms with E-state index >= 15 is 0 Å². The summed E-state index contributed by atoms with van der Waals surface area (Å²) in [6, 6.07) is 3.47. The quantitative estimate of drug-likeness (QED) is 0.841. The number of hydrogen-bond donors (Lipinski definition) is 2. The van der Waals surface area contributed by atoms with Crippen molar-refractivity contribution in [3.63, 3.8) is 0 Å². The number of rotatable bonds is 4. The van der Waals surface area contributed by atoms with Crippen molar-refractivity contribution in [3.8, 4) is 0 Å². The second-order valence-corrected chi connectivity index (χ2v) is 4.48. The molecule has 1 aliphatic heterocycles. The van der Waals surface area contributed by atoms with E-state index in [-0.39, 0.29) is 11.9 Å². The van der Waals surface area contributed by atoms with Crippen LogP contribution in [0.1, 0.15) is 6.92 Å². The van der Waals surface area contributed by atoms with Crippen LogP contribution in [0.5, 0.6) is 0 Å². The van der Waals surface area contributed by atoms with E-state index < -0.39 is 0 Å². The van der Waals surface area contributed by atoms with E-state index in [2.05, 4.69) is 15.6 Å². The minimum Gasteiger partial charge on any atom is -0.378 e. The fourth-order valence-electron chi connectivity index (χ4n) is 2.03. The Morgan fingerprint density at radius 1 is 1.47 bits per heavy atom. The van der Waals surface area contributed by atoms with Crippen molar-refractivity contribution < 1.29 is 9.53 Å². The molecule has 0 spiro atoms. The van der Waals surface area contributed by atoms with Crippen molar-refractivity contribution in [2.24, 2.45) is 0 Å². The monoisotopic (exact) mass is 264 g/mol. The summed E-state index contributed by atoms with van der Waals surface area (Å²) < 4.78 is 5.25. The van der Waals surface area contributed by atoms with Crippen LogP contribution in [-0.4, -0.2) is 55.2 Å². The Balaban J connectivity index is 1.95. The van der Waals surface area contributed by atoms with E-state index in [0.717, 1.165) is 11.5 Å². The van der Waals surface area contributed by atoms with E-state index in [0.29, 0.717) is 26.3 Å². The van der Waals surface area contributed by atoms with E-state index in [9.17, 15) is 4.79 Å². The Morgan fingerprint density at radius 3 is 2.89 bits per heavy atom. The van der Waals surface area contributed by atoms with Gasteiger partial charge in [-0.05, 0) is 13.0 Å². The van der Waals surface area contributed by atoms with E-state index in [4.69, 9.17) is 4.74 Å². The number of nitrogens with one attached hydrogen (secondary N) is 2. The summed E-state index contributed by atoms with van der Waals surface area (Å²) in [5.74, 6) is 0.877. The molecule has 2 rings (SSSR count). The maximum atomic E-state index is 12.2. The van der Waals surface area contributed by atoms with Gasteiger partial charge in [-0.2, -0.15) is 0 Å². The highest BCUT2D eigenvalue weighted by atomic mass is 16.5. The average Bonchev–Trinajstić information content (AvgIpc) is 2.47. The zero-order valence-corrected chi connectivity index (χ0v) is 11.3. The summed E-state index contributed by atoms with van der Waals surface area (Å²) in [7, 11) is 1.81. The molecule has 2 N–H and O–H groups in total. The largest absolute Gasteiger partial charge is 0.378 e. The molecule has 0 radical (unpaired) electrons. The molecule has 0 saturated carbocycles. The summed E-state index contributed by atoms with van der Waals surface area (Å²) >= 11 is 0. The summed E-state index contributed by atoms with van der Waals surface area (Å²) in [6.07, 6.45) is 1.71. The zero-order valence-electron chi connectivity index (χ0n) is 11.3. The molecule has 0 bridgehead atoms. The Morgan fingerprint density at radius 2 is 2.21 bits per heavy atom. The lowest BCUT2D eigenvalue weighted by molar-refractivity contribution is -0.135. The molecule has 6 heteroatoms. The van der Waals surface area contributed by atoms with Crippen LogP contribution in [0.4, 0.5) is 11.5 Å². The van der Waals surface area contributed by atoms with Crippen LogP contribution in [0.25, 0.3) is 0 Å². The highest BCUT2D eigenvalue weighted by molar-refractivity contribution is 5.84. The van der Waals surface area contributed by atoms with Gasteiger partial charge in [0.15, 0.2) is 0 Å². The zero-order chi connectivity index (χ0) is 13.7. The lowest BCUT2D eigenvalue weighted by Gasteiger charge is -2.29. The van der Waals surface area contributed by atoms with Crippen LogP contribution in [0.2, 0.25) is 0 Å². The molecular weight excluding hydrogens is 244 g/mol. The molecule has 6 nitrogen and oxygen atoms in total. The van der Waals surface area contributed by atoms with Crippen LogP contribution in [0.3, 0.4) is 0 Å². The van der Waals surface area contributed by atoms with Crippen molar-refractivity contribution in [1.82, 2.24) is 9.88 Å². The Kier molecular flexibility index (Phi) is 4.57. The van der Waals surface area contributed by atoms with Gasteiger partial charge in [0.2, 0.25) is 5.91 Å². The predicted molar refractivity (Wildman–Crippen MR) is 74.3 cm³/mol. The van der Waals surface area contributed by atoms with Gasteiger partial charge in [-0.3, -0.25) is 4.79 Å². The number of carbonyl (C=O) groups excluding carboxylic acids is 1. The number of aromatic nitrogens is 1. The van der Waals surface area contributed by atoms with Crippen molar-refractivity contribution in [1.29, 1.82) is 0 Å². The molecule has 1 fully saturated rings. The molecule has 1 unspecified atom stereocenters. The Bertz CT molecular complexity index is 432. The molecule has 2 heterocycles. The van der Waals surface area contributed by atoms with Gasteiger partial charge >= 0.3 is 0 Å². The van der Waals surface area contributed by atoms with Crippen LogP contribution in [0, 0.1) is 0 Å². The molecule has 1 atom stereocenters. The molecule has 19 heavy (non-hydrogen) atoms. The average molecular weight is 264 g/mol. The first-order valence-corrected chi connectivity index (χ1v) is 6.47. The smallest absolute Gasteiger partial charge is 0.244 e. The van der Waals surface area contributed by atoms with Gasteiger partial charge in [-0.1, -0.05) is 0 Å². The molecule has 0 aromatic carbocycles. The molecule has 1 amide bonds. The SMILES string of the molecule is CNc1cc(NC(C)C(=O)N2CCOCC2)ccn1. The maximum absolute atomic E-state index is 12.2. The van der Waals surface area contributed by atoms with Crippen LogP contribution >= 0.6 is 0 Å². The number of ether oxygens (including phenoxy) is 1. The number of carbonyl (C=O) groups is 1. The highest BCUT2D eigenvalue weighted by Gasteiger charge is 2.22. The molecule has 1 aromatic rings. The van der Waals surface area contributed by atoms with Crippen LogP contribution in [-0.2, 0) is 9.53 Å². The van der Waals surface area contributed by atoms with E-state index in [1.165, 1.54) is 0 Å². The standard InChI is InChI=1S/C13H20N4O2/c1-10(13(18)17-5-7-19-8-6-17)16-11-3-4-15-12(9-11)14-2/h3-4,9-10H,5-8H2,1-2H3,(H2,14,15,16). The molecule has 104 valence electrons. The lowest BCUT2D eigenvalue weighted by atomic mass is 10.2. The predicted octanol–water partition coefficient (Wildman–Crippen LogP) is 0.782. The summed E-state index contributed by atoms with van der Waals surface area (Å²) in [6.45, 7) is 4.46.